The van der Waals surface area contributed by atoms with E-state index in [4.69, 9.17) is 9.84 Å². The maximum Gasteiger partial charge on any atom is 0.335 e. The minimum atomic E-state index is -1.01. The van der Waals surface area contributed by atoms with Crippen LogP contribution in [0.2, 0.25) is 0 Å². The number of ether oxygens (including phenoxy) is 1. The molecule has 2 aromatic rings. The monoisotopic (exact) mass is 325 g/mol. The van der Waals surface area contributed by atoms with Crippen LogP contribution in [0.5, 0.6) is 5.75 Å². The predicted octanol–water partition coefficient (Wildman–Crippen LogP) is 2.85. The molecular weight excluding hydrogens is 306 g/mol. The summed E-state index contributed by atoms with van der Waals surface area (Å²) in [5.41, 5.74) is 2.28. The van der Waals surface area contributed by atoms with Crippen LogP contribution in [0, 0.1) is 5.92 Å². The Balaban J connectivity index is 2.07. The first-order chi connectivity index (χ1) is 11.6. The van der Waals surface area contributed by atoms with Crippen molar-refractivity contribution in [2.24, 2.45) is 5.92 Å². The van der Waals surface area contributed by atoms with Crippen molar-refractivity contribution in [3.05, 3.63) is 53.6 Å². The molecule has 3 rings (SSSR count). The van der Waals surface area contributed by atoms with Crippen LogP contribution in [0.3, 0.4) is 0 Å². The first-order valence-electron chi connectivity index (χ1n) is 7.87. The summed E-state index contributed by atoms with van der Waals surface area (Å²) in [7, 11) is 1.50. The van der Waals surface area contributed by atoms with Crippen molar-refractivity contribution in [1.82, 2.24) is 5.32 Å². The number of rotatable bonds is 5. The Morgan fingerprint density at radius 1 is 1.17 bits per heavy atom. The van der Waals surface area contributed by atoms with Gasteiger partial charge in [-0.2, -0.15) is 0 Å². The van der Waals surface area contributed by atoms with Crippen molar-refractivity contribution in [2.45, 2.75) is 6.42 Å². The van der Waals surface area contributed by atoms with E-state index in [0.29, 0.717) is 17.9 Å². The summed E-state index contributed by atoms with van der Waals surface area (Å²) >= 11 is 0. The average molecular weight is 325 g/mol. The summed E-state index contributed by atoms with van der Waals surface area (Å²) in [4.78, 5) is 24.0. The Bertz CT molecular complexity index is 779. The standard InChI is InChI=1S/C19H19NO4/c1-24-17-10-12(19(22)23)6-7-15(17)14-4-2-3-5-16(14)18(21)13-8-9-20-11-13/h2-7,10,13,20H,8-9,11H2,1H3,(H,22,23). The van der Waals surface area contributed by atoms with E-state index in [1.807, 2.05) is 24.3 Å². The van der Waals surface area contributed by atoms with Gasteiger partial charge >= 0.3 is 5.97 Å². The first kappa shape index (κ1) is 16.2. The van der Waals surface area contributed by atoms with E-state index in [2.05, 4.69) is 5.32 Å². The van der Waals surface area contributed by atoms with Gasteiger partial charge in [0.15, 0.2) is 5.78 Å². The molecule has 1 saturated heterocycles. The average Bonchev–Trinajstić information content (AvgIpc) is 3.15. The fourth-order valence-electron chi connectivity index (χ4n) is 3.08. The van der Waals surface area contributed by atoms with Gasteiger partial charge in [0.05, 0.1) is 12.7 Å². The molecule has 2 N–H and O–H groups in total. The van der Waals surface area contributed by atoms with Crippen LogP contribution >= 0.6 is 0 Å². The Morgan fingerprint density at radius 3 is 2.62 bits per heavy atom. The van der Waals surface area contributed by atoms with Gasteiger partial charge in [0.25, 0.3) is 0 Å². The quantitative estimate of drug-likeness (QED) is 0.827. The number of Topliss-reactive ketones (excluding diaryl/α,β-unsaturated/α-hetero) is 1. The Morgan fingerprint density at radius 2 is 1.96 bits per heavy atom. The highest BCUT2D eigenvalue weighted by Crippen LogP contribution is 2.34. The molecule has 1 heterocycles. The van der Waals surface area contributed by atoms with Gasteiger partial charge in [-0.05, 0) is 36.7 Å². The number of carbonyl (C=O) groups is 2. The number of ketones is 1. The first-order valence-corrected chi connectivity index (χ1v) is 7.87. The van der Waals surface area contributed by atoms with E-state index in [-0.39, 0.29) is 17.3 Å². The summed E-state index contributed by atoms with van der Waals surface area (Å²) in [5, 5.41) is 12.3. The van der Waals surface area contributed by atoms with Crippen LogP contribution in [0.4, 0.5) is 0 Å². The van der Waals surface area contributed by atoms with E-state index in [1.165, 1.54) is 19.2 Å². The van der Waals surface area contributed by atoms with E-state index < -0.39 is 5.97 Å². The molecule has 0 aromatic heterocycles. The predicted molar refractivity (Wildman–Crippen MR) is 90.7 cm³/mol. The number of carboxylic acids is 1. The van der Waals surface area contributed by atoms with Crippen molar-refractivity contribution in [3.63, 3.8) is 0 Å². The molecule has 5 nitrogen and oxygen atoms in total. The molecule has 0 amide bonds. The van der Waals surface area contributed by atoms with Crippen LogP contribution in [-0.2, 0) is 0 Å². The van der Waals surface area contributed by atoms with Gasteiger partial charge < -0.3 is 15.2 Å². The van der Waals surface area contributed by atoms with Crippen LogP contribution in [0.15, 0.2) is 42.5 Å². The van der Waals surface area contributed by atoms with Gasteiger partial charge in [0, 0.05) is 23.6 Å². The second-order valence-electron chi connectivity index (χ2n) is 5.82. The topological polar surface area (TPSA) is 75.6 Å². The molecule has 1 atom stereocenters. The molecule has 0 aliphatic carbocycles. The number of carboxylic acid groups (broad SMARTS) is 1. The highest BCUT2D eigenvalue weighted by atomic mass is 16.5. The highest BCUT2D eigenvalue weighted by Gasteiger charge is 2.26. The lowest BCUT2D eigenvalue weighted by Gasteiger charge is -2.15. The molecule has 0 spiro atoms. The number of carbonyl (C=O) groups excluding carboxylic acids is 1. The number of benzene rings is 2. The zero-order valence-corrected chi connectivity index (χ0v) is 13.4. The molecule has 124 valence electrons. The van der Waals surface area contributed by atoms with Crippen molar-refractivity contribution in [1.29, 1.82) is 0 Å². The third-order valence-electron chi connectivity index (χ3n) is 4.36. The summed E-state index contributed by atoms with van der Waals surface area (Å²) in [6.45, 7) is 1.55. The largest absolute Gasteiger partial charge is 0.496 e. The lowest BCUT2D eigenvalue weighted by Crippen LogP contribution is -2.18. The number of hydrogen-bond donors (Lipinski definition) is 2. The Labute approximate surface area is 140 Å². The second kappa shape index (κ2) is 6.84. The van der Waals surface area contributed by atoms with Gasteiger partial charge in [-0.3, -0.25) is 4.79 Å². The SMILES string of the molecule is COc1cc(C(=O)O)ccc1-c1ccccc1C(=O)C1CCNC1. The van der Waals surface area contributed by atoms with E-state index in [0.717, 1.165) is 24.1 Å². The van der Waals surface area contributed by atoms with Gasteiger partial charge in [-0.1, -0.05) is 24.3 Å². The van der Waals surface area contributed by atoms with Gasteiger partial charge in [-0.15, -0.1) is 0 Å². The summed E-state index contributed by atoms with van der Waals surface area (Å²) in [5.74, 6) is -0.476. The summed E-state index contributed by atoms with van der Waals surface area (Å²) in [6, 6.07) is 12.1. The maximum absolute atomic E-state index is 12.8. The van der Waals surface area contributed by atoms with Crippen LogP contribution in [-0.4, -0.2) is 37.1 Å². The minimum Gasteiger partial charge on any atom is -0.496 e. The Kier molecular flexibility index (Phi) is 4.62. The molecule has 0 radical (unpaired) electrons. The number of nitrogens with one attached hydrogen (secondary N) is 1. The molecule has 5 heteroatoms. The third-order valence-corrected chi connectivity index (χ3v) is 4.36. The second-order valence-corrected chi connectivity index (χ2v) is 5.82. The van der Waals surface area contributed by atoms with Gasteiger partial charge in [0.1, 0.15) is 5.75 Å². The zero-order chi connectivity index (χ0) is 17.1. The van der Waals surface area contributed by atoms with Crippen LogP contribution in [0.1, 0.15) is 27.1 Å². The highest BCUT2D eigenvalue weighted by molar-refractivity contribution is 6.04. The summed E-state index contributed by atoms with van der Waals surface area (Å²) in [6.07, 6.45) is 0.836. The van der Waals surface area contributed by atoms with Crippen molar-refractivity contribution >= 4 is 11.8 Å². The van der Waals surface area contributed by atoms with E-state index in [9.17, 15) is 9.59 Å². The lowest BCUT2D eigenvalue weighted by atomic mass is 9.90. The Hall–Kier alpha value is -2.66. The minimum absolute atomic E-state index is 0.0181. The number of aromatic carboxylic acids is 1. The fourth-order valence-corrected chi connectivity index (χ4v) is 3.08. The van der Waals surface area contributed by atoms with E-state index >= 15 is 0 Å². The molecule has 2 aromatic carbocycles. The molecular formula is C19H19NO4. The molecule has 1 aliphatic rings. The van der Waals surface area contributed by atoms with Crippen LogP contribution in [0.25, 0.3) is 11.1 Å². The fraction of sp³-hybridized carbons (Fsp3) is 0.263. The zero-order valence-electron chi connectivity index (χ0n) is 13.4. The van der Waals surface area contributed by atoms with Crippen molar-refractivity contribution in [2.75, 3.05) is 20.2 Å². The molecule has 1 unspecified atom stereocenters. The molecule has 24 heavy (non-hydrogen) atoms. The summed E-state index contributed by atoms with van der Waals surface area (Å²) < 4.78 is 5.36. The van der Waals surface area contributed by atoms with Crippen LogP contribution < -0.4 is 10.1 Å². The van der Waals surface area contributed by atoms with Crippen molar-refractivity contribution < 1.29 is 19.4 Å². The normalized spacial score (nSPS) is 16.8. The molecule has 1 aliphatic heterocycles. The lowest BCUT2D eigenvalue weighted by molar-refractivity contribution is 0.0696. The van der Waals surface area contributed by atoms with Gasteiger partial charge in [-0.25, -0.2) is 4.79 Å². The maximum atomic E-state index is 12.8. The van der Waals surface area contributed by atoms with Gasteiger partial charge in [0.2, 0.25) is 0 Å². The smallest absolute Gasteiger partial charge is 0.335 e. The molecule has 0 saturated carbocycles. The number of hydrogen-bond acceptors (Lipinski definition) is 4. The third kappa shape index (κ3) is 3.03. The van der Waals surface area contributed by atoms with Crippen molar-refractivity contribution in [3.8, 4) is 16.9 Å². The molecule has 1 fully saturated rings. The molecule has 0 bridgehead atoms. The number of methoxy groups -OCH3 is 1. The van der Waals surface area contributed by atoms with E-state index in [1.54, 1.807) is 6.07 Å².